The first kappa shape index (κ1) is 17.9. The molecule has 0 spiro atoms. The van der Waals surface area contributed by atoms with Crippen molar-refractivity contribution in [3.63, 3.8) is 0 Å². The molecule has 130 valence electrons. The van der Waals surface area contributed by atoms with Gasteiger partial charge in [0.2, 0.25) is 5.91 Å². The number of ether oxygens (including phenoxy) is 1. The Kier molecular flexibility index (Phi) is 5.71. The maximum atomic E-state index is 12.4. The van der Waals surface area contributed by atoms with Gasteiger partial charge in [-0.1, -0.05) is 34.1 Å². The summed E-state index contributed by atoms with van der Waals surface area (Å²) in [6, 6.07) is 15.6. The van der Waals surface area contributed by atoms with Crippen LogP contribution in [0.5, 0.6) is 5.75 Å². The highest BCUT2D eigenvalue weighted by Gasteiger charge is 2.20. The van der Waals surface area contributed by atoms with Crippen LogP contribution in [0.15, 0.2) is 53.0 Å². The zero-order valence-corrected chi connectivity index (χ0v) is 16.5. The highest BCUT2D eigenvalue weighted by molar-refractivity contribution is 9.10. The van der Waals surface area contributed by atoms with E-state index in [9.17, 15) is 4.79 Å². The van der Waals surface area contributed by atoms with Crippen LogP contribution in [-0.2, 0) is 4.79 Å². The summed E-state index contributed by atoms with van der Waals surface area (Å²) >= 11 is 5.04. The fourth-order valence-electron chi connectivity index (χ4n) is 2.44. The molecule has 0 radical (unpaired) electrons. The number of halogens is 1. The largest absolute Gasteiger partial charge is 0.493 e. The molecule has 0 fully saturated rings. The van der Waals surface area contributed by atoms with Gasteiger partial charge < -0.3 is 9.64 Å². The van der Waals surface area contributed by atoms with Crippen molar-refractivity contribution in [3.8, 4) is 5.75 Å². The van der Waals surface area contributed by atoms with Crippen molar-refractivity contribution in [3.05, 3.63) is 58.0 Å². The predicted octanol–water partition coefficient (Wildman–Crippen LogP) is 5.05. The van der Waals surface area contributed by atoms with E-state index >= 15 is 0 Å². The molecular weight excluding hydrogens is 400 g/mol. The number of nitrogens with zero attached hydrogens (tertiary/aromatic N) is 2. The molecule has 1 aromatic heterocycles. The van der Waals surface area contributed by atoms with Crippen molar-refractivity contribution in [1.29, 1.82) is 0 Å². The molecule has 1 amide bonds. The highest BCUT2D eigenvalue weighted by Crippen LogP contribution is 2.29. The van der Waals surface area contributed by atoms with E-state index < -0.39 is 0 Å². The van der Waals surface area contributed by atoms with Crippen molar-refractivity contribution in [2.45, 2.75) is 19.4 Å². The Labute approximate surface area is 159 Å². The summed E-state index contributed by atoms with van der Waals surface area (Å²) in [5.41, 5.74) is 0.980. The maximum Gasteiger partial charge on any atom is 0.226 e. The Morgan fingerprint density at radius 2 is 2.08 bits per heavy atom. The van der Waals surface area contributed by atoms with Gasteiger partial charge in [-0.25, -0.2) is 4.98 Å². The SMILES string of the molecule is CC(c1nc2ccccc2s1)N(C)C(=O)CCOc1cccc(Br)c1. The fourth-order valence-corrected chi connectivity index (χ4v) is 3.88. The average Bonchev–Trinajstić information content (AvgIpc) is 3.04. The van der Waals surface area contributed by atoms with Crippen molar-refractivity contribution in [2.24, 2.45) is 0 Å². The molecule has 1 atom stereocenters. The molecule has 0 saturated carbocycles. The number of carbonyl (C=O) groups is 1. The van der Waals surface area contributed by atoms with Crippen LogP contribution in [0.2, 0.25) is 0 Å². The minimum absolute atomic E-state index is 0.0433. The number of benzene rings is 2. The first-order valence-corrected chi connectivity index (χ1v) is 9.65. The van der Waals surface area contributed by atoms with Crippen molar-refractivity contribution < 1.29 is 9.53 Å². The Balaban J connectivity index is 1.57. The third-order valence-corrected chi connectivity index (χ3v) is 5.72. The molecule has 0 saturated heterocycles. The summed E-state index contributed by atoms with van der Waals surface area (Å²) in [6.45, 7) is 2.36. The number of thiazole rings is 1. The quantitative estimate of drug-likeness (QED) is 0.562. The molecule has 4 nitrogen and oxygen atoms in total. The van der Waals surface area contributed by atoms with Crippen LogP contribution in [0.1, 0.15) is 24.4 Å². The number of rotatable bonds is 6. The standard InChI is InChI=1S/C19H19BrN2O2S/c1-13(19-21-16-8-3-4-9-17(16)25-19)22(2)18(23)10-11-24-15-7-5-6-14(20)12-15/h3-9,12-13H,10-11H2,1-2H3. The van der Waals surface area contributed by atoms with Crippen LogP contribution < -0.4 is 4.74 Å². The Hall–Kier alpha value is -1.92. The molecule has 3 aromatic rings. The van der Waals surface area contributed by atoms with Gasteiger partial charge in [0.1, 0.15) is 10.8 Å². The summed E-state index contributed by atoms with van der Waals surface area (Å²) in [4.78, 5) is 18.8. The Morgan fingerprint density at radius 1 is 1.28 bits per heavy atom. The fraction of sp³-hybridized carbons (Fsp3) is 0.263. The number of carbonyl (C=O) groups excluding carboxylic acids is 1. The number of hydrogen-bond acceptors (Lipinski definition) is 4. The number of para-hydroxylation sites is 1. The van der Waals surface area contributed by atoms with Gasteiger partial charge in [-0.3, -0.25) is 4.79 Å². The van der Waals surface area contributed by atoms with Crippen LogP contribution in [0.25, 0.3) is 10.2 Å². The summed E-state index contributed by atoms with van der Waals surface area (Å²) in [6.07, 6.45) is 0.332. The zero-order chi connectivity index (χ0) is 17.8. The molecule has 6 heteroatoms. The third kappa shape index (κ3) is 4.38. The minimum atomic E-state index is -0.0595. The molecule has 0 aliphatic rings. The van der Waals surface area contributed by atoms with E-state index in [4.69, 9.17) is 4.74 Å². The first-order chi connectivity index (χ1) is 12.0. The second kappa shape index (κ2) is 7.97. The van der Waals surface area contributed by atoms with Crippen LogP contribution in [0.3, 0.4) is 0 Å². The van der Waals surface area contributed by atoms with Gasteiger partial charge in [-0.2, -0.15) is 0 Å². The van der Waals surface area contributed by atoms with Crippen LogP contribution in [0, 0.1) is 0 Å². The van der Waals surface area contributed by atoms with Crippen LogP contribution in [-0.4, -0.2) is 29.4 Å². The molecule has 0 bridgehead atoms. The van der Waals surface area contributed by atoms with E-state index in [-0.39, 0.29) is 11.9 Å². The lowest BCUT2D eigenvalue weighted by Gasteiger charge is -2.23. The molecule has 1 unspecified atom stereocenters. The van der Waals surface area contributed by atoms with Gasteiger partial charge in [-0.15, -0.1) is 11.3 Å². The smallest absolute Gasteiger partial charge is 0.226 e. The van der Waals surface area contributed by atoms with E-state index in [1.807, 2.05) is 56.4 Å². The molecule has 3 rings (SSSR count). The van der Waals surface area contributed by atoms with Crippen LogP contribution >= 0.6 is 27.3 Å². The van der Waals surface area contributed by atoms with E-state index in [0.717, 1.165) is 25.4 Å². The lowest BCUT2D eigenvalue weighted by molar-refractivity contribution is -0.132. The van der Waals surface area contributed by atoms with Gasteiger partial charge in [0.25, 0.3) is 0 Å². The minimum Gasteiger partial charge on any atom is -0.493 e. The van der Waals surface area contributed by atoms with Gasteiger partial charge in [0.05, 0.1) is 29.3 Å². The molecule has 0 N–H and O–H groups in total. The summed E-state index contributed by atoms with van der Waals surface area (Å²) in [5, 5.41) is 0.949. The van der Waals surface area contributed by atoms with E-state index in [1.165, 1.54) is 0 Å². The second-order valence-electron chi connectivity index (χ2n) is 5.76. The number of fused-ring (bicyclic) bond motifs is 1. The predicted molar refractivity (Wildman–Crippen MR) is 105 cm³/mol. The number of amides is 1. The van der Waals surface area contributed by atoms with Crippen molar-refractivity contribution in [1.82, 2.24) is 9.88 Å². The molecule has 25 heavy (non-hydrogen) atoms. The van der Waals surface area contributed by atoms with Gasteiger partial charge in [0.15, 0.2) is 0 Å². The molecule has 2 aromatic carbocycles. The number of aromatic nitrogens is 1. The topological polar surface area (TPSA) is 42.4 Å². The Bertz CT molecular complexity index is 847. The summed E-state index contributed by atoms with van der Waals surface area (Å²) < 4.78 is 7.75. The molecular formula is C19H19BrN2O2S. The normalized spacial score (nSPS) is 12.1. The highest BCUT2D eigenvalue weighted by atomic mass is 79.9. The van der Waals surface area contributed by atoms with Gasteiger partial charge in [-0.05, 0) is 37.3 Å². The summed E-state index contributed by atoms with van der Waals surface area (Å²) in [7, 11) is 1.82. The lowest BCUT2D eigenvalue weighted by atomic mass is 10.2. The summed E-state index contributed by atoms with van der Waals surface area (Å²) in [5.74, 6) is 0.797. The van der Waals surface area contributed by atoms with E-state index in [2.05, 4.69) is 27.0 Å². The molecule has 0 aliphatic carbocycles. The van der Waals surface area contributed by atoms with Gasteiger partial charge >= 0.3 is 0 Å². The van der Waals surface area contributed by atoms with Gasteiger partial charge in [0, 0.05) is 11.5 Å². The second-order valence-corrected chi connectivity index (χ2v) is 7.73. The van der Waals surface area contributed by atoms with Crippen molar-refractivity contribution in [2.75, 3.05) is 13.7 Å². The Morgan fingerprint density at radius 3 is 2.84 bits per heavy atom. The molecule has 0 aliphatic heterocycles. The zero-order valence-electron chi connectivity index (χ0n) is 14.1. The number of hydrogen-bond donors (Lipinski definition) is 0. The molecule has 1 heterocycles. The average molecular weight is 419 g/mol. The maximum absolute atomic E-state index is 12.4. The third-order valence-electron chi connectivity index (χ3n) is 4.02. The van der Waals surface area contributed by atoms with E-state index in [0.29, 0.717) is 13.0 Å². The van der Waals surface area contributed by atoms with Crippen LogP contribution in [0.4, 0.5) is 0 Å². The first-order valence-electron chi connectivity index (χ1n) is 8.04. The van der Waals surface area contributed by atoms with E-state index in [1.54, 1.807) is 16.2 Å². The van der Waals surface area contributed by atoms with Crippen molar-refractivity contribution >= 4 is 43.4 Å². The monoisotopic (exact) mass is 418 g/mol. The lowest BCUT2D eigenvalue weighted by Crippen LogP contribution is -2.30.